The van der Waals surface area contributed by atoms with Gasteiger partial charge in [0.25, 0.3) is 0 Å². The molecule has 2 aromatic heterocycles. The summed E-state index contributed by atoms with van der Waals surface area (Å²) in [5.74, 6) is -0.584. The Morgan fingerprint density at radius 1 is 1.00 bits per heavy atom. The van der Waals surface area contributed by atoms with Gasteiger partial charge in [0, 0.05) is 19.4 Å². The molecule has 0 bridgehead atoms. The Morgan fingerprint density at radius 2 is 1.50 bits per heavy atom. The normalized spacial score (nSPS) is 9.62. The number of halogens is 2. The molecule has 0 fully saturated rings. The molecule has 0 spiro atoms. The molecule has 1 N–H and O–H groups in total. The quantitative estimate of drug-likeness (QED) is 0.375. The van der Waals surface area contributed by atoms with Crippen molar-refractivity contribution in [2.45, 2.75) is 5.16 Å². The third-order valence-corrected chi connectivity index (χ3v) is 4.35. The van der Waals surface area contributed by atoms with Crippen molar-refractivity contribution in [2.75, 3.05) is 32.8 Å². The van der Waals surface area contributed by atoms with Gasteiger partial charge in [-0.2, -0.15) is 0 Å². The molecule has 2 aromatic rings. The average Bonchev–Trinajstić information content (AvgIpc) is 2.68. The molecule has 0 unspecified atom stereocenters. The largest absolute Gasteiger partial charge is 0.464 e. The summed E-state index contributed by atoms with van der Waals surface area (Å²) < 4.78 is 10.1. The highest BCUT2D eigenvalue weighted by molar-refractivity contribution is 9.10. The van der Waals surface area contributed by atoms with Gasteiger partial charge in [-0.3, -0.25) is 0 Å². The van der Waals surface area contributed by atoms with Crippen LogP contribution in [-0.2, 0) is 9.47 Å². The van der Waals surface area contributed by atoms with Gasteiger partial charge in [-0.05, 0) is 38.1 Å². The fraction of sp³-hybridized carbons (Fsp3) is 0.286. The van der Waals surface area contributed by atoms with Gasteiger partial charge < -0.3 is 14.8 Å². The van der Waals surface area contributed by atoms with Crippen LogP contribution in [0.1, 0.15) is 21.0 Å². The number of esters is 2. The number of aromatic nitrogens is 4. The van der Waals surface area contributed by atoms with Gasteiger partial charge in [0.1, 0.15) is 0 Å². The highest BCUT2D eigenvalue weighted by atomic mass is 79.9. The van der Waals surface area contributed by atoms with Crippen LogP contribution in [0.4, 0.5) is 5.95 Å². The van der Waals surface area contributed by atoms with E-state index in [4.69, 9.17) is 0 Å². The molecular weight excluding hydrogens is 494 g/mol. The van der Waals surface area contributed by atoms with Gasteiger partial charge >= 0.3 is 11.9 Å². The second kappa shape index (κ2) is 11.0. The van der Waals surface area contributed by atoms with E-state index in [1.807, 2.05) is 6.26 Å². The van der Waals surface area contributed by atoms with E-state index in [-0.39, 0.29) is 11.4 Å². The summed E-state index contributed by atoms with van der Waals surface area (Å²) in [6.07, 6.45) is 4.86. The van der Waals surface area contributed by atoms with Gasteiger partial charge in [-0.15, -0.1) is 0 Å². The van der Waals surface area contributed by atoms with Crippen LogP contribution >= 0.6 is 43.6 Å². The smallest absolute Gasteiger partial charge is 0.358 e. The van der Waals surface area contributed by atoms with E-state index in [1.165, 1.54) is 38.4 Å². The Morgan fingerprint density at radius 3 is 1.96 bits per heavy atom. The second-order valence-corrected chi connectivity index (χ2v) is 6.66. The van der Waals surface area contributed by atoms with Crippen molar-refractivity contribution in [3.63, 3.8) is 0 Å². The molecule has 0 saturated heterocycles. The van der Waals surface area contributed by atoms with Gasteiger partial charge in [-0.25, -0.2) is 29.5 Å². The molecule has 0 amide bonds. The van der Waals surface area contributed by atoms with Crippen LogP contribution in [0.25, 0.3) is 0 Å². The highest BCUT2D eigenvalue weighted by Gasteiger charge is 2.14. The van der Waals surface area contributed by atoms with Crippen molar-refractivity contribution in [3.8, 4) is 0 Å². The first-order valence-corrected chi connectivity index (χ1v) is 9.62. The highest BCUT2D eigenvalue weighted by Crippen LogP contribution is 2.17. The van der Waals surface area contributed by atoms with Crippen LogP contribution in [-0.4, -0.2) is 59.4 Å². The predicted octanol–water partition coefficient (Wildman–Crippen LogP) is 2.82. The number of ether oxygens (including phenoxy) is 2. The molecule has 0 aliphatic heterocycles. The van der Waals surface area contributed by atoms with E-state index in [9.17, 15) is 9.59 Å². The number of thioether (sulfide) groups is 1. The van der Waals surface area contributed by atoms with Crippen molar-refractivity contribution >= 4 is 61.5 Å². The maximum Gasteiger partial charge on any atom is 0.358 e. The molecule has 140 valence electrons. The first-order valence-electron chi connectivity index (χ1n) is 6.81. The first-order chi connectivity index (χ1) is 12.4. The van der Waals surface area contributed by atoms with Crippen LogP contribution in [0, 0.1) is 0 Å². The molecule has 0 aliphatic carbocycles. The van der Waals surface area contributed by atoms with Crippen LogP contribution in [0.5, 0.6) is 0 Å². The van der Waals surface area contributed by atoms with E-state index >= 15 is 0 Å². The third kappa shape index (κ3) is 6.18. The third-order valence-electron chi connectivity index (χ3n) is 2.63. The Labute approximate surface area is 171 Å². The zero-order valence-corrected chi connectivity index (χ0v) is 18.2. The summed E-state index contributed by atoms with van der Waals surface area (Å²) in [4.78, 5) is 38.1. The molecule has 9 nitrogen and oxygen atoms in total. The standard InChI is InChI=1S/C7H8BrN3O2.C7H7BrN2O2S/c1-9-7-10-3-4(8)5(11-7)6(12)13-2;1-12-6(11)5-4(8)3-9-7(10-5)13-2/h3H,1-2H3,(H,9,10,11);3H,1-2H3. The Bertz CT molecular complexity index is 728. The van der Waals surface area contributed by atoms with E-state index in [2.05, 4.69) is 66.6 Å². The number of hydrogen-bond donors (Lipinski definition) is 1. The lowest BCUT2D eigenvalue weighted by Gasteiger charge is -2.02. The molecule has 2 heterocycles. The molecule has 12 heteroatoms. The molecule has 0 atom stereocenters. The van der Waals surface area contributed by atoms with E-state index in [0.29, 0.717) is 20.1 Å². The maximum atomic E-state index is 11.2. The number of methoxy groups -OCH3 is 2. The topological polar surface area (TPSA) is 116 Å². The van der Waals surface area contributed by atoms with Crippen molar-refractivity contribution < 1.29 is 19.1 Å². The second-order valence-electron chi connectivity index (χ2n) is 4.18. The van der Waals surface area contributed by atoms with E-state index < -0.39 is 11.9 Å². The molecule has 2 rings (SSSR count). The molecular formula is C14H15Br2N5O4S. The number of nitrogens with one attached hydrogen (secondary N) is 1. The summed E-state index contributed by atoms with van der Waals surface area (Å²) >= 11 is 7.68. The number of nitrogens with zero attached hydrogens (tertiary/aromatic N) is 4. The summed E-state index contributed by atoms with van der Waals surface area (Å²) in [7, 11) is 4.29. The van der Waals surface area contributed by atoms with Crippen molar-refractivity contribution in [1.82, 2.24) is 19.9 Å². The Hall–Kier alpha value is -1.79. The summed E-state index contributed by atoms with van der Waals surface area (Å²) in [5, 5.41) is 3.27. The first kappa shape index (κ1) is 22.3. The summed E-state index contributed by atoms with van der Waals surface area (Å²) in [6, 6.07) is 0. The van der Waals surface area contributed by atoms with Crippen LogP contribution in [0.3, 0.4) is 0 Å². The molecule has 0 saturated carbocycles. The van der Waals surface area contributed by atoms with Crippen LogP contribution < -0.4 is 5.32 Å². The minimum atomic E-state index is -0.495. The average molecular weight is 509 g/mol. The zero-order chi connectivity index (χ0) is 19.7. The minimum absolute atomic E-state index is 0.210. The molecule has 0 aliphatic rings. The number of hydrogen-bond acceptors (Lipinski definition) is 10. The lowest BCUT2D eigenvalue weighted by atomic mass is 10.4. The predicted molar refractivity (Wildman–Crippen MR) is 103 cm³/mol. The Kier molecular flexibility index (Phi) is 9.44. The molecule has 0 aromatic carbocycles. The number of rotatable bonds is 4. The minimum Gasteiger partial charge on any atom is -0.464 e. The SMILES string of the molecule is CNc1ncc(Br)c(C(=O)OC)n1.COC(=O)c1nc(SC)ncc1Br. The maximum absolute atomic E-state index is 11.2. The van der Waals surface area contributed by atoms with Gasteiger partial charge in [0.15, 0.2) is 16.5 Å². The number of anilines is 1. The fourth-order valence-corrected chi connectivity index (χ4v) is 2.46. The number of carbonyl (C=O) groups excluding carboxylic acids is 2. The molecule has 0 radical (unpaired) electrons. The Balaban J connectivity index is 0.000000260. The van der Waals surface area contributed by atoms with E-state index in [1.54, 1.807) is 7.05 Å². The fourth-order valence-electron chi connectivity index (χ4n) is 1.42. The van der Waals surface area contributed by atoms with Crippen LogP contribution in [0.2, 0.25) is 0 Å². The lowest BCUT2D eigenvalue weighted by molar-refractivity contribution is 0.0583. The van der Waals surface area contributed by atoms with Gasteiger partial charge in [0.05, 0.1) is 23.2 Å². The van der Waals surface area contributed by atoms with E-state index in [0.717, 1.165) is 0 Å². The van der Waals surface area contributed by atoms with Crippen molar-refractivity contribution in [1.29, 1.82) is 0 Å². The monoisotopic (exact) mass is 507 g/mol. The lowest BCUT2D eigenvalue weighted by Crippen LogP contribution is -2.08. The number of carbonyl (C=O) groups is 2. The zero-order valence-electron chi connectivity index (χ0n) is 14.2. The summed E-state index contributed by atoms with van der Waals surface area (Å²) in [6.45, 7) is 0. The van der Waals surface area contributed by atoms with Crippen molar-refractivity contribution in [2.24, 2.45) is 0 Å². The van der Waals surface area contributed by atoms with Crippen molar-refractivity contribution in [3.05, 3.63) is 32.7 Å². The van der Waals surface area contributed by atoms with Gasteiger partial charge in [0.2, 0.25) is 5.95 Å². The van der Waals surface area contributed by atoms with Gasteiger partial charge in [-0.1, -0.05) is 11.8 Å². The molecule has 26 heavy (non-hydrogen) atoms. The van der Waals surface area contributed by atoms with Crippen LogP contribution in [0.15, 0.2) is 26.5 Å². The summed E-state index contributed by atoms with van der Waals surface area (Å²) in [5.41, 5.74) is 0.462.